The predicted octanol–water partition coefficient (Wildman–Crippen LogP) is 6.19. The van der Waals surface area contributed by atoms with E-state index in [1.807, 2.05) is 6.07 Å². The fraction of sp³-hybridized carbons (Fsp3) is 0.344. The number of aryl methyl sites for hydroxylation is 1. The molecule has 0 unspecified atom stereocenters. The van der Waals surface area contributed by atoms with E-state index in [1.165, 1.54) is 42.3 Å². The maximum atomic E-state index is 14.3. The van der Waals surface area contributed by atoms with Crippen LogP contribution in [0, 0.1) is 11.3 Å². The van der Waals surface area contributed by atoms with E-state index in [4.69, 9.17) is 4.74 Å². The van der Waals surface area contributed by atoms with E-state index < -0.39 is 42.0 Å². The lowest BCUT2D eigenvalue weighted by molar-refractivity contribution is -0.138. The van der Waals surface area contributed by atoms with Gasteiger partial charge >= 0.3 is 12.4 Å². The second-order valence-corrected chi connectivity index (χ2v) is 11.3. The monoisotopic (exact) mass is 672 g/mol. The molecule has 1 amide bonds. The molecule has 0 fully saturated rings. The van der Waals surface area contributed by atoms with Crippen molar-refractivity contribution < 1.29 is 35.9 Å². The Hall–Kier alpha value is -5.01. The lowest BCUT2D eigenvalue weighted by Gasteiger charge is -2.21. The summed E-state index contributed by atoms with van der Waals surface area (Å²) in [5.74, 6) is -0.521. The van der Waals surface area contributed by atoms with Crippen molar-refractivity contribution in [3.8, 4) is 28.6 Å². The van der Waals surface area contributed by atoms with Gasteiger partial charge in [0.15, 0.2) is 5.82 Å². The zero-order valence-corrected chi connectivity index (χ0v) is 26.0. The van der Waals surface area contributed by atoms with E-state index >= 15 is 0 Å². The van der Waals surface area contributed by atoms with Crippen LogP contribution in [0.5, 0.6) is 0 Å². The highest BCUT2D eigenvalue weighted by Gasteiger charge is 2.41. The first-order valence-electron chi connectivity index (χ1n) is 14.7. The van der Waals surface area contributed by atoms with Crippen LogP contribution in [-0.4, -0.2) is 52.0 Å². The lowest BCUT2D eigenvalue weighted by Crippen LogP contribution is -2.25. The molecule has 16 heteroatoms. The maximum absolute atomic E-state index is 14.3. The number of nitrogens with zero attached hydrogens (tertiary/aromatic N) is 6. The zero-order chi connectivity index (χ0) is 34.8. The Kier molecular flexibility index (Phi) is 9.74. The van der Waals surface area contributed by atoms with Gasteiger partial charge in [-0.05, 0) is 71.6 Å². The third-order valence-electron chi connectivity index (χ3n) is 7.71. The summed E-state index contributed by atoms with van der Waals surface area (Å²) in [6.45, 7) is 1.95. The molecule has 48 heavy (non-hydrogen) atoms. The highest BCUT2D eigenvalue weighted by molar-refractivity contribution is 6.10. The molecule has 2 aromatic heterocycles. The number of fused-ring (bicyclic) bond motifs is 1. The number of nitriles is 1. The fourth-order valence-electron chi connectivity index (χ4n) is 5.42. The average Bonchev–Trinajstić information content (AvgIpc) is 3.60. The van der Waals surface area contributed by atoms with Gasteiger partial charge in [-0.25, -0.2) is 4.98 Å². The number of amides is 1. The summed E-state index contributed by atoms with van der Waals surface area (Å²) < 4.78 is 91.2. The second-order valence-electron chi connectivity index (χ2n) is 11.3. The molecule has 1 atom stereocenters. The van der Waals surface area contributed by atoms with Crippen LogP contribution in [0.15, 0.2) is 48.8 Å². The van der Waals surface area contributed by atoms with Gasteiger partial charge in [0.1, 0.15) is 18.0 Å². The van der Waals surface area contributed by atoms with Gasteiger partial charge in [-0.1, -0.05) is 0 Å². The van der Waals surface area contributed by atoms with Gasteiger partial charge in [-0.3, -0.25) is 9.69 Å². The average molecular weight is 673 g/mol. The molecule has 1 aliphatic rings. The Morgan fingerprint density at radius 3 is 2.46 bits per heavy atom. The fourth-order valence-corrected chi connectivity index (χ4v) is 5.42. The van der Waals surface area contributed by atoms with E-state index in [-0.39, 0.29) is 63.8 Å². The van der Waals surface area contributed by atoms with Crippen LogP contribution in [0.3, 0.4) is 0 Å². The first kappa shape index (κ1) is 34.3. The van der Waals surface area contributed by atoms with Gasteiger partial charge in [0, 0.05) is 44.4 Å². The van der Waals surface area contributed by atoms with Gasteiger partial charge in [-0.2, -0.15) is 31.6 Å². The molecule has 2 N–H and O–H groups in total. The summed E-state index contributed by atoms with van der Waals surface area (Å²) in [5.41, 5.74) is -1.60. The Morgan fingerprint density at radius 1 is 1.04 bits per heavy atom. The highest BCUT2D eigenvalue weighted by atomic mass is 19.4. The molecular formula is C32H30F6N8O2. The van der Waals surface area contributed by atoms with Crippen LogP contribution in [-0.2, 0) is 37.2 Å². The number of aromatic nitrogens is 4. The van der Waals surface area contributed by atoms with Crippen LogP contribution in [0.25, 0.3) is 22.5 Å². The Bertz CT molecular complexity index is 1860. The molecule has 1 aliphatic heterocycles. The highest BCUT2D eigenvalue weighted by Crippen LogP contribution is 2.42. The second kappa shape index (κ2) is 13.6. The number of benzene rings is 2. The van der Waals surface area contributed by atoms with Gasteiger partial charge in [0.05, 0.1) is 36.8 Å². The number of anilines is 2. The summed E-state index contributed by atoms with van der Waals surface area (Å²) in [5, 5.41) is 23.1. The summed E-state index contributed by atoms with van der Waals surface area (Å²) in [6.07, 6.45) is -8.06. The SMILES string of the molecule is COCCNCc1cc2c(c(C(F)(F)F)c1)CN(c1cc(-c3cc(C(F)(F)F)ccc3-c3nncn3C)cc(N[C@@H](C)CC#N)n1)C2=O. The number of rotatable bonds is 11. The Balaban J connectivity index is 1.65. The molecule has 5 rings (SSSR count). The van der Waals surface area contributed by atoms with Crippen molar-refractivity contribution in [2.45, 2.75) is 44.8 Å². The number of nitrogens with one attached hydrogen (secondary N) is 2. The van der Waals surface area contributed by atoms with E-state index in [0.717, 1.165) is 23.1 Å². The van der Waals surface area contributed by atoms with Gasteiger partial charge in [-0.15, -0.1) is 10.2 Å². The maximum Gasteiger partial charge on any atom is 0.416 e. The number of halogens is 6. The summed E-state index contributed by atoms with van der Waals surface area (Å²) in [4.78, 5) is 19.4. The number of alkyl halides is 6. The molecular weight excluding hydrogens is 642 g/mol. The molecule has 0 aliphatic carbocycles. The molecule has 252 valence electrons. The Labute approximate surface area is 271 Å². The zero-order valence-electron chi connectivity index (χ0n) is 26.0. The van der Waals surface area contributed by atoms with Crippen molar-refractivity contribution >= 4 is 17.5 Å². The van der Waals surface area contributed by atoms with Crippen molar-refractivity contribution in [1.82, 2.24) is 25.1 Å². The normalized spacial score (nSPS) is 13.8. The molecule has 2 aromatic carbocycles. The third kappa shape index (κ3) is 7.26. The number of hydrogen-bond acceptors (Lipinski definition) is 8. The van der Waals surface area contributed by atoms with E-state index in [1.54, 1.807) is 14.0 Å². The smallest absolute Gasteiger partial charge is 0.383 e. The Morgan fingerprint density at radius 2 is 1.81 bits per heavy atom. The number of pyridine rings is 1. The van der Waals surface area contributed by atoms with Gasteiger partial charge < -0.3 is 19.9 Å². The van der Waals surface area contributed by atoms with E-state index in [2.05, 4.69) is 25.8 Å². The minimum Gasteiger partial charge on any atom is -0.383 e. The van der Waals surface area contributed by atoms with E-state index in [0.29, 0.717) is 13.2 Å². The number of carbonyl (C=O) groups excluding carboxylic acids is 1. The molecule has 10 nitrogen and oxygen atoms in total. The van der Waals surface area contributed by atoms with Gasteiger partial charge in [0.2, 0.25) is 0 Å². The minimum absolute atomic E-state index is 0.0409. The summed E-state index contributed by atoms with van der Waals surface area (Å²) >= 11 is 0. The number of methoxy groups -OCH3 is 1. The largest absolute Gasteiger partial charge is 0.416 e. The van der Waals surface area contributed by atoms with Gasteiger partial charge in [0.25, 0.3) is 5.91 Å². The van der Waals surface area contributed by atoms with Crippen molar-refractivity contribution in [2.75, 3.05) is 30.5 Å². The minimum atomic E-state index is -4.78. The number of carbonyl (C=O) groups is 1. The standard InChI is InChI=1S/C32H30F6N8O2/c1-18(6-7-39)42-27-12-20(23-14-21(31(33,34)35)4-5-22(23)29-44-41-17-45(29)2)13-28(43-27)46-16-25-24(30(46)47)10-19(15-40-8-9-48-3)11-26(25)32(36,37)38/h4-5,10-14,17-18,40H,6,8-9,15-16H2,1-3H3,(H,42,43)/t18-/m0/s1. The first-order valence-corrected chi connectivity index (χ1v) is 14.7. The van der Waals surface area contributed by atoms with Crippen LogP contribution in [0.2, 0.25) is 0 Å². The van der Waals surface area contributed by atoms with E-state index in [9.17, 15) is 36.4 Å². The summed E-state index contributed by atoms with van der Waals surface area (Å²) in [6, 6.07) is 9.81. The topological polar surface area (TPSA) is 121 Å². The molecule has 3 heterocycles. The van der Waals surface area contributed by atoms with Crippen molar-refractivity contribution in [3.05, 3.63) is 76.6 Å². The van der Waals surface area contributed by atoms with Crippen molar-refractivity contribution in [2.24, 2.45) is 7.05 Å². The molecule has 0 saturated heterocycles. The van der Waals surface area contributed by atoms with Crippen LogP contribution in [0.4, 0.5) is 38.0 Å². The molecule has 0 spiro atoms. The van der Waals surface area contributed by atoms with Crippen molar-refractivity contribution in [3.63, 3.8) is 0 Å². The van der Waals surface area contributed by atoms with Crippen LogP contribution >= 0.6 is 0 Å². The molecule has 0 radical (unpaired) electrons. The third-order valence-corrected chi connectivity index (χ3v) is 7.71. The molecule has 0 saturated carbocycles. The quantitative estimate of drug-likeness (QED) is 0.143. The van der Waals surface area contributed by atoms with Crippen LogP contribution in [0.1, 0.15) is 46.0 Å². The number of hydrogen-bond donors (Lipinski definition) is 2. The summed E-state index contributed by atoms with van der Waals surface area (Å²) in [7, 11) is 3.11. The molecule has 0 bridgehead atoms. The van der Waals surface area contributed by atoms with Crippen LogP contribution < -0.4 is 15.5 Å². The lowest BCUT2D eigenvalue weighted by atomic mass is 9.96. The predicted molar refractivity (Wildman–Crippen MR) is 164 cm³/mol. The first-order chi connectivity index (χ1) is 22.7. The number of ether oxygens (including phenoxy) is 1. The molecule has 4 aromatic rings. The van der Waals surface area contributed by atoms with Crippen molar-refractivity contribution in [1.29, 1.82) is 5.26 Å².